The van der Waals surface area contributed by atoms with E-state index in [1.54, 1.807) is 0 Å². The molecule has 0 radical (unpaired) electrons. The lowest BCUT2D eigenvalue weighted by atomic mass is 9.93. The average Bonchev–Trinajstić information content (AvgIpc) is 2.11. The molecule has 0 bridgehead atoms. The van der Waals surface area contributed by atoms with Gasteiger partial charge in [0.15, 0.2) is 0 Å². The number of rotatable bonds is 3. The molecule has 2 rings (SSSR count). The fourth-order valence-corrected chi connectivity index (χ4v) is 1.84. The van der Waals surface area contributed by atoms with E-state index in [-0.39, 0.29) is 0 Å². The molecule has 1 aromatic heterocycles. The molecule has 1 aliphatic rings. The summed E-state index contributed by atoms with van der Waals surface area (Å²) >= 11 is 5.98. The number of halogens is 1. The maximum Gasteiger partial charge on any atom is 0.137 e. The van der Waals surface area contributed by atoms with Crippen LogP contribution in [0.3, 0.4) is 0 Å². The van der Waals surface area contributed by atoms with Gasteiger partial charge in [0.05, 0.1) is 0 Å². The molecular weight excluding hydrogens is 198 g/mol. The first-order valence-corrected chi connectivity index (χ1v) is 5.45. The van der Waals surface area contributed by atoms with E-state index in [9.17, 15) is 0 Å². The molecule has 1 fully saturated rings. The third kappa shape index (κ3) is 1.82. The summed E-state index contributed by atoms with van der Waals surface area (Å²) < 4.78 is 0. The van der Waals surface area contributed by atoms with Gasteiger partial charge in [0.25, 0.3) is 0 Å². The van der Waals surface area contributed by atoms with Crippen molar-refractivity contribution in [2.75, 3.05) is 5.32 Å². The Hall–Kier alpha value is -0.830. The van der Waals surface area contributed by atoms with E-state index >= 15 is 0 Å². The molecule has 1 aromatic rings. The smallest absolute Gasteiger partial charge is 0.137 e. The van der Waals surface area contributed by atoms with Crippen molar-refractivity contribution in [2.45, 2.75) is 38.6 Å². The van der Waals surface area contributed by atoms with Crippen LogP contribution in [0.2, 0.25) is 5.15 Å². The van der Waals surface area contributed by atoms with Gasteiger partial charge in [-0.3, -0.25) is 0 Å². The molecule has 0 spiro atoms. The molecule has 3 nitrogen and oxygen atoms in total. The minimum Gasteiger partial charge on any atom is -0.367 e. The third-order valence-corrected chi connectivity index (χ3v) is 3.02. The Balaban J connectivity index is 2.17. The number of hydrogen-bond donors (Lipinski definition) is 1. The molecule has 0 aliphatic heterocycles. The molecular formula is C10H14ClN3. The van der Waals surface area contributed by atoms with E-state index in [1.807, 2.05) is 0 Å². The summed E-state index contributed by atoms with van der Waals surface area (Å²) in [5.74, 6) is 0.914. The van der Waals surface area contributed by atoms with Crippen molar-refractivity contribution in [1.82, 2.24) is 9.97 Å². The Morgan fingerprint density at radius 1 is 1.50 bits per heavy atom. The highest BCUT2D eigenvalue weighted by Crippen LogP contribution is 2.26. The largest absolute Gasteiger partial charge is 0.367 e. The Labute approximate surface area is 88.9 Å². The minimum absolute atomic E-state index is 0.573. The number of hydrogen-bond acceptors (Lipinski definition) is 3. The lowest BCUT2D eigenvalue weighted by molar-refractivity contribution is 0.444. The van der Waals surface area contributed by atoms with E-state index in [1.165, 1.54) is 25.6 Å². The third-order valence-electron chi connectivity index (χ3n) is 2.69. The first kappa shape index (κ1) is 9.71. The maximum atomic E-state index is 5.98. The Morgan fingerprint density at radius 3 is 2.86 bits per heavy atom. The van der Waals surface area contributed by atoms with Crippen LogP contribution in [0.5, 0.6) is 0 Å². The van der Waals surface area contributed by atoms with Crippen molar-refractivity contribution < 1.29 is 0 Å². The second-order valence-electron chi connectivity index (χ2n) is 3.62. The highest BCUT2D eigenvalue weighted by atomic mass is 35.5. The zero-order valence-electron chi connectivity index (χ0n) is 8.26. The Kier molecular flexibility index (Phi) is 2.87. The summed E-state index contributed by atoms with van der Waals surface area (Å²) in [4.78, 5) is 8.20. The topological polar surface area (TPSA) is 37.8 Å². The molecule has 4 heteroatoms. The average molecular weight is 212 g/mol. The summed E-state index contributed by atoms with van der Waals surface area (Å²) in [5, 5.41) is 3.98. The number of anilines is 1. The summed E-state index contributed by atoms with van der Waals surface area (Å²) in [6.07, 6.45) is 6.19. The summed E-state index contributed by atoms with van der Waals surface area (Å²) in [6, 6.07) is 0.589. The lowest BCUT2D eigenvalue weighted by Crippen LogP contribution is -2.28. The molecule has 0 aromatic carbocycles. The highest BCUT2D eigenvalue weighted by molar-refractivity contribution is 6.30. The van der Waals surface area contributed by atoms with Gasteiger partial charge in [0.1, 0.15) is 17.3 Å². The van der Waals surface area contributed by atoms with Gasteiger partial charge in [0.2, 0.25) is 0 Å². The van der Waals surface area contributed by atoms with Crippen LogP contribution >= 0.6 is 11.6 Å². The van der Waals surface area contributed by atoms with E-state index in [2.05, 4.69) is 22.2 Å². The van der Waals surface area contributed by atoms with Crippen LogP contribution < -0.4 is 5.32 Å². The van der Waals surface area contributed by atoms with Crippen molar-refractivity contribution in [3.05, 3.63) is 17.0 Å². The van der Waals surface area contributed by atoms with Gasteiger partial charge >= 0.3 is 0 Å². The molecule has 1 heterocycles. The second-order valence-corrected chi connectivity index (χ2v) is 3.98. The van der Waals surface area contributed by atoms with Crippen LogP contribution in [0.25, 0.3) is 0 Å². The Bertz CT molecular complexity index is 323. The summed E-state index contributed by atoms with van der Waals surface area (Å²) in [5.41, 5.74) is 1.03. The van der Waals surface area contributed by atoms with Crippen molar-refractivity contribution >= 4 is 17.4 Å². The molecule has 1 saturated carbocycles. The molecule has 1 aliphatic carbocycles. The second kappa shape index (κ2) is 4.13. The van der Waals surface area contributed by atoms with Crippen molar-refractivity contribution in [3.63, 3.8) is 0 Å². The first-order chi connectivity index (χ1) is 6.81. The Morgan fingerprint density at radius 2 is 2.29 bits per heavy atom. The molecule has 1 N–H and O–H groups in total. The van der Waals surface area contributed by atoms with Crippen LogP contribution in [-0.4, -0.2) is 16.0 Å². The highest BCUT2D eigenvalue weighted by Gasteiger charge is 2.19. The summed E-state index contributed by atoms with van der Waals surface area (Å²) in [6.45, 7) is 2.07. The fourth-order valence-electron chi connectivity index (χ4n) is 1.57. The van der Waals surface area contributed by atoms with Crippen molar-refractivity contribution in [1.29, 1.82) is 0 Å². The van der Waals surface area contributed by atoms with Crippen LogP contribution in [-0.2, 0) is 6.42 Å². The zero-order chi connectivity index (χ0) is 9.97. The van der Waals surface area contributed by atoms with E-state index < -0.39 is 0 Å². The predicted octanol–water partition coefficient (Wildman–Crippen LogP) is 2.66. The normalized spacial score (nSPS) is 16.4. The molecule has 0 amide bonds. The number of aromatic nitrogens is 2. The number of nitrogens with one attached hydrogen (secondary N) is 1. The number of nitrogens with zero attached hydrogens (tertiary/aromatic N) is 2. The van der Waals surface area contributed by atoms with Crippen molar-refractivity contribution in [3.8, 4) is 0 Å². The minimum atomic E-state index is 0.573. The van der Waals surface area contributed by atoms with Crippen LogP contribution in [0, 0.1) is 0 Å². The van der Waals surface area contributed by atoms with Gasteiger partial charge in [0, 0.05) is 11.6 Å². The summed E-state index contributed by atoms with van der Waals surface area (Å²) in [7, 11) is 0. The van der Waals surface area contributed by atoms with E-state index in [0.717, 1.165) is 17.8 Å². The van der Waals surface area contributed by atoms with Gasteiger partial charge in [-0.25, -0.2) is 9.97 Å². The van der Waals surface area contributed by atoms with Gasteiger partial charge < -0.3 is 5.32 Å². The molecule has 76 valence electrons. The lowest BCUT2D eigenvalue weighted by Gasteiger charge is -2.27. The molecule has 0 unspecified atom stereocenters. The van der Waals surface area contributed by atoms with Gasteiger partial charge in [-0.15, -0.1) is 0 Å². The molecule has 14 heavy (non-hydrogen) atoms. The predicted molar refractivity (Wildman–Crippen MR) is 57.7 cm³/mol. The quantitative estimate of drug-likeness (QED) is 0.782. The first-order valence-electron chi connectivity index (χ1n) is 5.07. The monoisotopic (exact) mass is 211 g/mol. The van der Waals surface area contributed by atoms with Gasteiger partial charge in [-0.2, -0.15) is 0 Å². The van der Waals surface area contributed by atoms with Crippen LogP contribution in [0.15, 0.2) is 6.33 Å². The molecule has 0 saturated heterocycles. The van der Waals surface area contributed by atoms with Crippen LogP contribution in [0.1, 0.15) is 31.7 Å². The molecule has 0 atom stereocenters. The fraction of sp³-hybridized carbons (Fsp3) is 0.600. The maximum absolute atomic E-state index is 5.98. The van der Waals surface area contributed by atoms with Gasteiger partial charge in [-0.05, 0) is 25.7 Å². The zero-order valence-corrected chi connectivity index (χ0v) is 9.01. The van der Waals surface area contributed by atoms with E-state index in [0.29, 0.717) is 11.2 Å². The van der Waals surface area contributed by atoms with Crippen molar-refractivity contribution in [2.24, 2.45) is 0 Å². The standard InChI is InChI=1S/C10H14ClN3/c1-2-8-9(11)12-6-13-10(8)14-7-4-3-5-7/h6-7H,2-5H2,1H3,(H,12,13,14). The van der Waals surface area contributed by atoms with Gasteiger partial charge in [-0.1, -0.05) is 18.5 Å². The van der Waals surface area contributed by atoms with Crippen LogP contribution in [0.4, 0.5) is 5.82 Å². The van der Waals surface area contributed by atoms with E-state index in [4.69, 9.17) is 11.6 Å². The SMILES string of the molecule is CCc1c(Cl)ncnc1NC1CCC1.